The lowest BCUT2D eigenvalue weighted by Gasteiger charge is -1.95. The predicted molar refractivity (Wildman–Crippen MR) is 37.7 cm³/mol. The molecular formula is C6H11N3O2. The van der Waals surface area contributed by atoms with Crippen LogP contribution in [0.15, 0.2) is 6.20 Å². The second-order valence-electron chi connectivity index (χ2n) is 2.31. The Morgan fingerprint density at radius 3 is 2.91 bits per heavy atom. The molecule has 0 amide bonds. The molecule has 1 aromatic rings. The normalized spacial score (nSPS) is 13.4. The summed E-state index contributed by atoms with van der Waals surface area (Å²) in [6, 6.07) is 0. The third-order valence-electron chi connectivity index (χ3n) is 1.31. The lowest BCUT2D eigenvalue weighted by Crippen LogP contribution is -2.02. The van der Waals surface area contributed by atoms with Crippen molar-refractivity contribution in [1.29, 1.82) is 0 Å². The standard InChI is InChI=1S/C6H11N3O2/c1-5(11)6-4-9(2-3-10)8-7-6/h4-5,10-11H,2-3H2,1H3. The Labute approximate surface area is 64.3 Å². The fourth-order valence-corrected chi connectivity index (χ4v) is 0.717. The molecular weight excluding hydrogens is 146 g/mol. The number of nitrogens with zero attached hydrogens (tertiary/aromatic N) is 3. The van der Waals surface area contributed by atoms with Crippen LogP contribution in [0.3, 0.4) is 0 Å². The molecule has 0 radical (unpaired) electrons. The first-order valence-corrected chi connectivity index (χ1v) is 3.43. The number of aromatic nitrogens is 3. The zero-order valence-corrected chi connectivity index (χ0v) is 6.30. The number of hydrogen-bond acceptors (Lipinski definition) is 4. The van der Waals surface area contributed by atoms with E-state index in [1.165, 1.54) is 4.68 Å². The topological polar surface area (TPSA) is 71.2 Å². The minimum Gasteiger partial charge on any atom is -0.394 e. The van der Waals surface area contributed by atoms with Crippen molar-refractivity contribution in [3.8, 4) is 0 Å². The Morgan fingerprint density at radius 1 is 1.73 bits per heavy atom. The van der Waals surface area contributed by atoms with Gasteiger partial charge in [0.1, 0.15) is 5.69 Å². The summed E-state index contributed by atoms with van der Waals surface area (Å²) in [6.07, 6.45) is 1.02. The highest BCUT2D eigenvalue weighted by Gasteiger charge is 2.04. The molecule has 62 valence electrons. The highest BCUT2D eigenvalue weighted by Crippen LogP contribution is 2.05. The summed E-state index contributed by atoms with van der Waals surface area (Å²) < 4.78 is 1.49. The van der Waals surface area contributed by atoms with Gasteiger partial charge in [-0.05, 0) is 6.92 Å². The van der Waals surface area contributed by atoms with Crippen LogP contribution in [0.1, 0.15) is 18.7 Å². The minimum atomic E-state index is -0.595. The number of aliphatic hydroxyl groups is 2. The quantitative estimate of drug-likeness (QED) is 0.610. The molecule has 2 N–H and O–H groups in total. The second-order valence-corrected chi connectivity index (χ2v) is 2.31. The average molecular weight is 157 g/mol. The summed E-state index contributed by atoms with van der Waals surface area (Å²) in [7, 11) is 0. The first-order valence-electron chi connectivity index (χ1n) is 3.43. The summed E-state index contributed by atoms with van der Waals surface area (Å²) in [6.45, 7) is 2.07. The van der Waals surface area contributed by atoms with Crippen molar-refractivity contribution in [2.45, 2.75) is 19.6 Å². The van der Waals surface area contributed by atoms with Crippen molar-refractivity contribution in [3.05, 3.63) is 11.9 Å². The van der Waals surface area contributed by atoms with Crippen molar-refractivity contribution in [1.82, 2.24) is 15.0 Å². The highest BCUT2D eigenvalue weighted by molar-refractivity contribution is 4.95. The molecule has 0 aromatic carbocycles. The fraction of sp³-hybridized carbons (Fsp3) is 0.667. The second kappa shape index (κ2) is 3.45. The third kappa shape index (κ3) is 1.99. The van der Waals surface area contributed by atoms with Gasteiger partial charge in [-0.2, -0.15) is 0 Å². The Bertz CT molecular complexity index is 221. The van der Waals surface area contributed by atoms with Crippen molar-refractivity contribution in [3.63, 3.8) is 0 Å². The maximum absolute atomic E-state index is 9.03. The van der Waals surface area contributed by atoms with Crippen LogP contribution in [-0.4, -0.2) is 31.8 Å². The summed E-state index contributed by atoms with van der Waals surface area (Å²) in [5.74, 6) is 0. The molecule has 0 aliphatic rings. The number of hydrogen-bond donors (Lipinski definition) is 2. The summed E-state index contributed by atoms with van der Waals surface area (Å²) >= 11 is 0. The number of aliphatic hydroxyl groups excluding tert-OH is 2. The van der Waals surface area contributed by atoms with E-state index in [1.54, 1.807) is 13.1 Å². The molecule has 0 fully saturated rings. The molecule has 0 bridgehead atoms. The molecule has 0 saturated carbocycles. The zero-order chi connectivity index (χ0) is 8.27. The van der Waals surface area contributed by atoms with Gasteiger partial charge in [-0.3, -0.25) is 0 Å². The van der Waals surface area contributed by atoms with Gasteiger partial charge in [0, 0.05) is 0 Å². The molecule has 0 aliphatic carbocycles. The average Bonchev–Trinajstić information content (AvgIpc) is 2.37. The van der Waals surface area contributed by atoms with E-state index >= 15 is 0 Å². The van der Waals surface area contributed by atoms with Gasteiger partial charge >= 0.3 is 0 Å². The molecule has 1 heterocycles. The fourth-order valence-electron chi connectivity index (χ4n) is 0.717. The molecule has 0 aliphatic heterocycles. The van der Waals surface area contributed by atoms with Crippen molar-refractivity contribution in [2.24, 2.45) is 0 Å². The SMILES string of the molecule is CC(O)c1cn(CCO)nn1. The molecule has 5 nitrogen and oxygen atoms in total. The van der Waals surface area contributed by atoms with Crippen molar-refractivity contribution >= 4 is 0 Å². The monoisotopic (exact) mass is 157 g/mol. The molecule has 0 spiro atoms. The first-order chi connectivity index (χ1) is 5.24. The van der Waals surface area contributed by atoms with Gasteiger partial charge in [-0.1, -0.05) is 5.21 Å². The number of rotatable bonds is 3. The van der Waals surface area contributed by atoms with Crippen LogP contribution in [0, 0.1) is 0 Å². The van der Waals surface area contributed by atoms with E-state index in [2.05, 4.69) is 10.3 Å². The van der Waals surface area contributed by atoms with E-state index in [-0.39, 0.29) is 6.61 Å². The van der Waals surface area contributed by atoms with Gasteiger partial charge in [0.25, 0.3) is 0 Å². The molecule has 1 atom stereocenters. The minimum absolute atomic E-state index is 0.0304. The zero-order valence-electron chi connectivity index (χ0n) is 6.30. The Hall–Kier alpha value is -0.940. The lowest BCUT2D eigenvalue weighted by atomic mass is 10.3. The van der Waals surface area contributed by atoms with E-state index in [4.69, 9.17) is 10.2 Å². The molecule has 0 saturated heterocycles. The van der Waals surface area contributed by atoms with Crippen LogP contribution >= 0.6 is 0 Å². The third-order valence-corrected chi connectivity index (χ3v) is 1.31. The van der Waals surface area contributed by atoms with Gasteiger partial charge in [0.15, 0.2) is 0 Å². The highest BCUT2D eigenvalue weighted by atomic mass is 16.3. The smallest absolute Gasteiger partial charge is 0.111 e. The van der Waals surface area contributed by atoms with Crippen molar-refractivity contribution < 1.29 is 10.2 Å². The van der Waals surface area contributed by atoms with E-state index in [9.17, 15) is 0 Å². The maximum Gasteiger partial charge on any atom is 0.111 e. The van der Waals surface area contributed by atoms with Crippen molar-refractivity contribution in [2.75, 3.05) is 6.61 Å². The van der Waals surface area contributed by atoms with E-state index in [0.29, 0.717) is 12.2 Å². The molecule has 1 rings (SSSR count). The largest absolute Gasteiger partial charge is 0.394 e. The van der Waals surface area contributed by atoms with Crippen LogP contribution in [0.2, 0.25) is 0 Å². The predicted octanol–water partition coefficient (Wildman–Crippen LogP) is -0.676. The molecule has 1 unspecified atom stereocenters. The Kier molecular flexibility index (Phi) is 2.56. The van der Waals surface area contributed by atoms with Gasteiger partial charge in [0.05, 0.1) is 25.5 Å². The van der Waals surface area contributed by atoms with E-state index in [0.717, 1.165) is 0 Å². The molecule has 11 heavy (non-hydrogen) atoms. The van der Waals surface area contributed by atoms with Crippen LogP contribution in [0.4, 0.5) is 0 Å². The van der Waals surface area contributed by atoms with Crippen LogP contribution in [0.5, 0.6) is 0 Å². The van der Waals surface area contributed by atoms with Crippen LogP contribution < -0.4 is 0 Å². The lowest BCUT2D eigenvalue weighted by molar-refractivity contribution is 0.194. The van der Waals surface area contributed by atoms with Crippen LogP contribution in [0.25, 0.3) is 0 Å². The van der Waals surface area contributed by atoms with Gasteiger partial charge in [-0.25, -0.2) is 4.68 Å². The Balaban J connectivity index is 2.66. The molecule has 1 aromatic heterocycles. The summed E-state index contributed by atoms with van der Waals surface area (Å²) in [5, 5.41) is 24.9. The maximum atomic E-state index is 9.03. The summed E-state index contributed by atoms with van der Waals surface area (Å²) in [5.41, 5.74) is 0.526. The van der Waals surface area contributed by atoms with Gasteiger partial charge in [-0.15, -0.1) is 5.10 Å². The Morgan fingerprint density at radius 2 is 2.45 bits per heavy atom. The first kappa shape index (κ1) is 8.16. The van der Waals surface area contributed by atoms with Gasteiger partial charge < -0.3 is 10.2 Å². The van der Waals surface area contributed by atoms with E-state index < -0.39 is 6.10 Å². The van der Waals surface area contributed by atoms with Crippen LogP contribution in [-0.2, 0) is 6.54 Å². The summed E-state index contributed by atoms with van der Waals surface area (Å²) in [4.78, 5) is 0. The van der Waals surface area contributed by atoms with Gasteiger partial charge in [0.2, 0.25) is 0 Å². The van der Waals surface area contributed by atoms with E-state index in [1.807, 2.05) is 0 Å². The molecule has 5 heteroatoms.